The maximum Gasteiger partial charge on any atom is 0.0771 e. The van der Waals surface area contributed by atoms with Crippen LogP contribution in [0.3, 0.4) is 0 Å². The highest BCUT2D eigenvalue weighted by Gasteiger charge is 2.18. The Labute approximate surface area is 54.5 Å². The van der Waals surface area contributed by atoms with Crippen LogP contribution in [0.1, 0.15) is 19.8 Å². The zero-order chi connectivity index (χ0) is 7.33. The first-order valence-electron chi connectivity index (χ1n) is 2.82. The van der Waals surface area contributed by atoms with Gasteiger partial charge >= 0.3 is 0 Å². The minimum absolute atomic E-state index is 0.0747. The Bertz CT molecular complexity index is 115. The highest BCUT2D eigenvalue weighted by Crippen LogP contribution is 2.11. The smallest absolute Gasteiger partial charge is 0.0771 e. The minimum atomic E-state index is -1.01. The van der Waals surface area contributed by atoms with Crippen LogP contribution in [0, 0.1) is 11.3 Å². The Morgan fingerprint density at radius 2 is 2.22 bits per heavy atom. The molecule has 0 aromatic carbocycles. The first kappa shape index (κ1) is 8.41. The van der Waals surface area contributed by atoms with Gasteiger partial charge in [-0.05, 0) is 13.3 Å². The van der Waals surface area contributed by atoms with Crippen molar-refractivity contribution in [3.05, 3.63) is 0 Å². The van der Waals surface area contributed by atoms with Gasteiger partial charge in [-0.15, -0.1) is 0 Å². The molecule has 0 aromatic heterocycles. The lowest BCUT2D eigenvalue weighted by atomic mass is 10.00. The Balaban J connectivity index is 3.59. The summed E-state index contributed by atoms with van der Waals surface area (Å²) in [5.41, 5.74) is -1.01. The molecule has 52 valence electrons. The standard InChI is InChI=1S/C6H11NO2/c1-6(9,2-4-7)3-5-8/h8-9H,2-3,5H2,1H3. The number of hydrogen-bond donors (Lipinski definition) is 2. The lowest BCUT2D eigenvalue weighted by molar-refractivity contribution is 0.0379. The van der Waals surface area contributed by atoms with Crippen LogP contribution >= 0.6 is 0 Å². The van der Waals surface area contributed by atoms with E-state index in [0.717, 1.165) is 0 Å². The van der Waals surface area contributed by atoms with Crippen LogP contribution in [0.5, 0.6) is 0 Å². The van der Waals surface area contributed by atoms with Crippen molar-refractivity contribution >= 4 is 0 Å². The van der Waals surface area contributed by atoms with Gasteiger partial charge in [0.15, 0.2) is 0 Å². The summed E-state index contributed by atoms with van der Waals surface area (Å²) in [7, 11) is 0. The molecule has 0 saturated carbocycles. The summed E-state index contributed by atoms with van der Waals surface area (Å²) in [6.07, 6.45) is 0.341. The molecule has 0 aliphatic carbocycles. The van der Waals surface area contributed by atoms with E-state index in [-0.39, 0.29) is 19.4 Å². The predicted molar refractivity (Wildman–Crippen MR) is 32.6 cm³/mol. The van der Waals surface area contributed by atoms with Gasteiger partial charge in [0.05, 0.1) is 18.1 Å². The third-order valence-electron chi connectivity index (χ3n) is 1.11. The van der Waals surface area contributed by atoms with Crippen LogP contribution in [0.2, 0.25) is 0 Å². The molecule has 0 aliphatic rings. The molecule has 3 nitrogen and oxygen atoms in total. The van der Waals surface area contributed by atoms with Crippen LogP contribution in [0.25, 0.3) is 0 Å². The van der Waals surface area contributed by atoms with Gasteiger partial charge in [0.1, 0.15) is 0 Å². The monoisotopic (exact) mass is 129 g/mol. The van der Waals surface area contributed by atoms with Gasteiger partial charge in [-0.1, -0.05) is 0 Å². The van der Waals surface area contributed by atoms with Crippen molar-refractivity contribution in [1.29, 1.82) is 5.26 Å². The van der Waals surface area contributed by atoms with Crippen molar-refractivity contribution in [2.75, 3.05) is 6.61 Å². The topological polar surface area (TPSA) is 64.2 Å². The number of hydrogen-bond acceptors (Lipinski definition) is 3. The maximum atomic E-state index is 9.13. The SMILES string of the molecule is CC(O)(CC#N)CCO. The van der Waals surface area contributed by atoms with E-state index in [1.807, 2.05) is 6.07 Å². The zero-order valence-electron chi connectivity index (χ0n) is 5.46. The van der Waals surface area contributed by atoms with Crippen molar-refractivity contribution in [2.45, 2.75) is 25.4 Å². The summed E-state index contributed by atoms with van der Waals surface area (Å²) in [4.78, 5) is 0. The van der Waals surface area contributed by atoms with E-state index in [0.29, 0.717) is 0 Å². The van der Waals surface area contributed by atoms with Crippen molar-refractivity contribution in [2.24, 2.45) is 0 Å². The Morgan fingerprint density at radius 1 is 1.67 bits per heavy atom. The van der Waals surface area contributed by atoms with E-state index in [4.69, 9.17) is 15.5 Å². The fraction of sp³-hybridized carbons (Fsp3) is 0.833. The highest BCUT2D eigenvalue weighted by atomic mass is 16.3. The second-order valence-electron chi connectivity index (χ2n) is 2.31. The molecule has 1 unspecified atom stereocenters. The predicted octanol–water partition coefficient (Wildman–Crippen LogP) is 0.0335. The first-order valence-corrected chi connectivity index (χ1v) is 2.82. The number of nitrogens with zero attached hydrogens (tertiary/aromatic N) is 1. The highest BCUT2D eigenvalue weighted by molar-refractivity contribution is 4.84. The first-order chi connectivity index (χ1) is 4.12. The van der Waals surface area contributed by atoms with Gasteiger partial charge < -0.3 is 10.2 Å². The van der Waals surface area contributed by atoms with Crippen LogP contribution in [-0.2, 0) is 0 Å². The van der Waals surface area contributed by atoms with E-state index in [1.54, 1.807) is 0 Å². The minimum Gasteiger partial charge on any atom is -0.396 e. The molecule has 3 heteroatoms. The average Bonchev–Trinajstić information content (AvgIpc) is 1.64. The Hall–Kier alpha value is -0.590. The second-order valence-corrected chi connectivity index (χ2v) is 2.31. The van der Waals surface area contributed by atoms with Gasteiger partial charge in [0, 0.05) is 6.61 Å². The summed E-state index contributed by atoms with van der Waals surface area (Å²) < 4.78 is 0. The van der Waals surface area contributed by atoms with Crippen molar-refractivity contribution in [3.8, 4) is 6.07 Å². The van der Waals surface area contributed by atoms with Crippen molar-refractivity contribution in [3.63, 3.8) is 0 Å². The molecule has 0 radical (unpaired) electrons. The molecular formula is C6H11NO2. The van der Waals surface area contributed by atoms with Gasteiger partial charge in [-0.2, -0.15) is 5.26 Å². The van der Waals surface area contributed by atoms with Crippen LogP contribution < -0.4 is 0 Å². The quantitative estimate of drug-likeness (QED) is 0.565. The summed E-state index contributed by atoms with van der Waals surface area (Å²) >= 11 is 0. The van der Waals surface area contributed by atoms with Gasteiger partial charge in [0.25, 0.3) is 0 Å². The molecule has 0 aromatic rings. The van der Waals surface area contributed by atoms with Crippen molar-refractivity contribution < 1.29 is 10.2 Å². The third-order valence-corrected chi connectivity index (χ3v) is 1.11. The Kier molecular flexibility index (Phi) is 3.21. The maximum absolute atomic E-state index is 9.13. The normalized spacial score (nSPS) is 16.2. The molecule has 0 rings (SSSR count). The lowest BCUT2D eigenvalue weighted by Crippen LogP contribution is -2.24. The molecule has 2 N–H and O–H groups in total. The molecule has 0 fully saturated rings. The summed E-state index contributed by atoms with van der Waals surface area (Å²) in [5.74, 6) is 0. The zero-order valence-corrected chi connectivity index (χ0v) is 5.46. The van der Waals surface area contributed by atoms with Crippen LogP contribution in [-0.4, -0.2) is 22.4 Å². The van der Waals surface area contributed by atoms with E-state index < -0.39 is 5.60 Å². The molecule has 9 heavy (non-hydrogen) atoms. The molecule has 0 aliphatic heterocycles. The summed E-state index contributed by atoms with van der Waals surface area (Å²) in [6.45, 7) is 1.46. The molecule has 0 amide bonds. The third kappa shape index (κ3) is 3.95. The fourth-order valence-corrected chi connectivity index (χ4v) is 0.500. The van der Waals surface area contributed by atoms with Gasteiger partial charge in [0.2, 0.25) is 0 Å². The summed E-state index contributed by atoms with van der Waals surface area (Å²) in [6, 6.07) is 1.83. The number of nitriles is 1. The van der Waals surface area contributed by atoms with Gasteiger partial charge in [-0.25, -0.2) is 0 Å². The number of aliphatic hydroxyl groups excluding tert-OH is 1. The van der Waals surface area contributed by atoms with E-state index in [1.165, 1.54) is 6.92 Å². The van der Waals surface area contributed by atoms with Gasteiger partial charge in [-0.3, -0.25) is 0 Å². The molecule has 0 saturated heterocycles. The van der Waals surface area contributed by atoms with E-state index >= 15 is 0 Å². The summed E-state index contributed by atoms with van der Waals surface area (Å²) in [5, 5.41) is 25.6. The average molecular weight is 129 g/mol. The van der Waals surface area contributed by atoms with E-state index in [2.05, 4.69) is 0 Å². The molecule has 0 spiro atoms. The molecule has 0 heterocycles. The number of aliphatic hydroxyl groups is 2. The second kappa shape index (κ2) is 3.44. The van der Waals surface area contributed by atoms with E-state index in [9.17, 15) is 0 Å². The molecule has 0 bridgehead atoms. The Morgan fingerprint density at radius 3 is 2.56 bits per heavy atom. The number of rotatable bonds is 3. The largest absolute Gasteiger partial charge is 0.396 e. The molecular weight excluding hydrogens is 118 g/mol. The van der Waals surface area contributed by atoms with Crippen molar-refractivity contribution in [1.82, 2.24) is 0 Å². The lowest BCUT2D eigenvalue weighted by Gasteiger charge is -2.17. The van der Waals surface area contributed by atoms with Crippen LogP contribution in [0.15, 0.2) is 0 Å². The fourth-order valence-electron chi connectivity index (χ4n) is 0.500. The van der Waals surface area contributed by atoms with Crippen LogP contribution in [0.4, 0.5) is 0 Å². The molecule has 1 atom stereocenters.